The molecule has 1 N–H and O–H groups in total. The monoisotopic (exact) mass is 396 g/mol. The summed E-state index contributed by atoms with van der Waals surface area (Å²) in [4.78, 5) is 17.7. The van der Waals surface area contributed by atoms with Gasteiger partial charge in [-0.25, -0.2) is 9.67 Å². The van der Waals surface area contributed by atoms with Crippen LogP contribution in [0.25, 0.3) is 22.3 Å². The van der Waals surface area contributed by atoms with E-state index < -0.39 is 0 Å². The number of ether oxygens (including phenoxy) is 3. The standard InChI is InChI=1S/C21H24N4O4/c1-13(2)25-20-16(12-23-25)15(21(26)22-6-7-27-3)11-17(24-20)14-4-5-18-19(10-14)29-9-8-28-18/h4-5,10-13H,6-9H2,1-3H3,(H,22,26). The Bertz CT molecular complexity index is 1040. The van der Waals surface area contributed by atoms with Crippen molar-refractivity contribution in [2.45, 2.75) is 19.9 Å². The van der Waals surface area contributed by atoms with Crippen LogP contribution in [0.1, 0.15) is 30.2 Å². The van der Waals surface area contributed by atoms with Crippen LogP contribution in [0.4, 0.5) is 0 Å². The van der Waals surface area contributed by atoms with Crippen molar-refractivity contribution in [1.82, 2.24) is 20.1 Å². The average Bonchev–Trinajstić information content (AvgIpc) is 3.17. The second-order valence-corrected chi connectivity index (χ2v) is 7.08. The van der Waals surface area contributed by atoms with Crippen molar-refractivity contribution in [3.8, 4) is 22.8 Å². The van der Waals surface area contributed by atoms with E-state index in [0.29, 0.717) is 54.8 Å². The second kappa shape index (κ2) is 8.08. The van der Waals surface area contributed by atoms with Gasteiger partial charge in [-0.3, -0.25) is 4.79 Å². The molecule has 3 heterocycles. The van der Waals surface area contributed by atoms with E-state index in [2.05, 4.69) is 10.4 Å². The van der Waals surface area contributed by atoms with Crippen LogP contribution in [-0.4, -0.2) is 54.1 Å². The molecule has 8 nitrogen and oxygen atoms in total. The van der Waals surface area contributed by atoms with Crippen molar-refractivity contribution in [2.75, 3.05) is 33.5 Å². The van der Waals surface area contributed by atoms with Crippen LogP contribution in [0.15, 0.2) is 30.5 Å². The molecule has 1 aliphatic heterocycles. The van der Waals surface area contributed by atoms with Crippen molar-refractivity contribution < 1.29 is 19.0 Å². The van der Waals surface area contributed by atoms with E-state index in [1.165, 1.54) is 0 Å². The summed E-state index contributed by atoms with van der Waals surface area (Å²) in [5, 5.41) is 8.05. The van der Waals surface area contributed by atoms with Crippen LogP contribution >= 0.6 is 0 Å². The van der Waals surface area contributed by atoms with E-state index in [-0.39, 0.29) is 11.9 Å². The quantitative estimate of drug-likeness (QED) is 0.645. The molecule has 0 bridgehead atoms. The van der Waals surface area contributed by atoms with E-state index in [1.54, 1.807) is 19.4 Å². The maximum Gasteiger partial charge on any atom is 0.252 e. The van der Waals surface area contributed by atoms with Crippen molar-refractivity contribution >= 4 is 16.9 Å². The molecule has 29 heavy (non-hydrogen) atoms. The number of amides is 1. The van der Waals surface area contributed by atoms with E-state index in [4.69, 9.17) is 19.2 Å². The third-order valence-electron chi connectivity index (χ3n) is 4.73. The van der Waals surface area contributed by atoms with Gasteiger partial charge in [0.05, 0.1) is 29.4 Å². The van der Waals surface area contributed by atoms with Gasteiger partial charge in [0.1, 0.15) is 13.2 Å². The number of benzene rings is 1. The first-order valence-electron chi connectivity index (χ1n) is 9.64. The first-order valence-corrected chi connectivity index (χ1v) is 9.64. The number of methoxy groups -OCH3 is 1. The van der Waals surface area contributed by atoms with Gasteiger partial charge in [-0.15, -0.1) is 0 Å². The molecule has 0 atom stereocenters. The van der Waals surface area contributed by atoms with Crippen molar-refractivity contribution in [3.63, 3.8) is 0 Å². The number of aromatic nitrogens is 3. The highest BCUT2D eigenvalue weighted by Crippen LogP contribution is 2.35. The number of pyridine rings is 1. The summed E-state index contributed by atoms with van der Waals surface area (Å²) < 4.78 is 18.2. The first-order chi connectivity index (χ1) is 14.1. The summed E-state index contributed by atoms with van der Waals surface area (Å²) in [7, 11) is 1.60. The van der Waals surface area contributed by atoms with Crippen LogP contribution in [0.2, 0.25) is 0 Å². The SMILES string of the molecule is COCCNC(=O)c1cc(-c2ccc3c(c2)OCCO3)nc2c1cnn2C(C)C. The van der Waals surface area contributed by atoms with Crippen LogP contribution in [-0.2, 0) is 4.74 Å². The highest BCUT2D eigenvalue weighted by molar-refractivity contribution is 6.06. The fraction of sp³-hybridized carbons (Fsp3) is 0.381. The van der Waals surface area contributed by atoms with Crippen molar-refractivity contribution in [3.05, 3.63) is 36.0 Å². The number of nitrogens with zero attached hydrogens (tertiary/aromatic N) is 3. The fourth-order valence-electron chi connectivity index (χ4n) is 3.30. The summed E-state index contributed by atoms with van der Waals surface area (Å²) in [5.74, 6) is 1.21. The third-order valence-corrected chi connectivity index (χ3v) is 4.73. The largest absolute Gasteiger partial charge is 0.486 e. The topological polar surface area (TPSA) is 87.5 Å². The van der Waals surface area contributed by atoms with Gasteiger partial charge in [0, 0.05) is 25.3 Å². The zero-order valence-corrected chi connectivity index (χ0v) is 16.8. The van der Waals surface area contributed by atoms with Gasteiger partial charge in [0.2, 0.25) is 0 Å². The summed E-state index contributed by atoms with van der Waals surface area (Å²) in [6.45, 7) is 5.98. The molecule has 152 valence electrons. The zero-order chi connectivity index (χ0) is 20.4. The maximum atomic E-state index is 12.9. The molecule has 1 aromatic carbocycles. The molecule has 3 aromatic rings. The molecule has 0 saturated heterocycles. The summed E-state index contributed by atoms with van der Waals surface area (Å²) >= 11 is 0. The van der Waals surface area contributed by atoms with Gasteiger partial charge in [0.25, 0.3) is 5.91 Å². The van der Waals surface area contributed by atoms with Gasteiger partial charge in [-0.2, -0.15) is 5.10 Å². The van der Waals surface area contributed by atoms with E-state index >= 15 is 0 Å². The molecular weight excluding hydrogens is 372 g/mol. The Morgan fingerprint density at radius 1 is 1.24 bits per heavy atom. The summed E-state index contributed by atoms with van der Waals surface area (Å²) in [5.41, 5.74) is 2.72. The molecule has 2 aromatic heterocycles. The Labute approximate surface area is 168 Å². The Morgan fingerprint density at radius 2 is 2.03 bits per heavy atom. The van der Waals surface area contributed by atoms with Gasteiger partial charge < -0.3 is 19.5 Å². The molecule has 1 aliphatic rings. The maximum absolute atomic E-state index is 12.9. The number of rotatable bonds is 6. The predicted octanol–water partition coefficient (Wildman–Crippen LogP) is 2.83. The van der Waals surface area contributed by atoms with E-state index in [1.807, 2.05) is 36.7 Å². The fourth-order valence-corrected chi connectivity index (χ4v) is 3.30. The van der Waals surface area contributed by atoms with Gasteiger partial charge in [0.15, 0.2) is 17.1 Å². The lowest BCUT2D eigenvalue weighted by Crippen LogP contribution is -2.27. The van der Waals surface area contributed by atoms with Gasteiger partial charge in [-0.1, -0.05) is 0 Å². The van der Waals surface area contributed by atoms with Crippen LogP contribution in [0.5, 0.6) is 11.5 Å². The predicted molar refractivity (Wildman–Crippen MR) is 109 cm³/mol. The smallest absolute Gasteiger partial charge is 0.252 e. The molecule has 0 radical (unpaired) electrons. The number of hydrogen-bond donors (Lipinski definition) is 1. The van der Waals surface area contributed by atoms with Crippen molar-refractivity contribution in [2.24, 2.45) is 0 Å². The molecule has 0 fully saturated rings. The molecule has 0 unspecified atom stereocenters. The average molecular weight is 396 g/mol. The Kier molecular flexibility index (Phi) is 5.35. The Morgan fingerprint density at radius 3 is 2.79 bits per heavy atom. The van der Waals surface area contributed by atoms with Gasteiger partial charge >= 0.3 is 0 Å². The number of carbonyl (C=O) groups is 1. The molecular formula is C21H24N4O4. The third kappa shape index (κ3) is 3.75. The first kappa shape index (κ1) is 19.2. The second-order valence-electron chi connectivity index (χ2n) is 7.08. The lowest BCUT2D eigenvalue weighted by molar-refractivity contribution is 0.0938. The number of hydrogen-bond acceptors (Lipinski definition) is 6. The molecule has 0 aliphatic carbocycles. The highest BCUT2D eigenvalue weighted by Gasteiger charge is 2.20. The normalized spacial score (nSPS) is 13.1. The lowest BCUT2D eigenvalue weighted by atomic mass is 10.1. The summed E-state index contributed by atoms with van der Waals surface area (Å²) in [6.07, 6.45) is 1.70. The highest BCUT2D eigenvalue weighted by atomic mass is 16.6. The van der Waals surface area contributed by atoms with Crippen LogP contribution < -0.4 is 14.8 Å². The molecule has 4 rings (SSSR count). The summed E-state index contributed by atoms with van der Waals surface area (Å²) in [6, 6.07) is 7.59. The zero-order valence-electron chi connectivity index (χ0n) is 16.8. The number of fused-ring (bicyclic) bond motifs is 2. The van der Waals surface area contributed by atoms with Gasteiger partial charge in [-0.05, 0) is 38.1 Å². The lowest BCUT2D eigenvalue weighted by Gasteiger charge is -2.19. The minimum Gasteiger partial charge on any atom is -0.486 e. The minimum atomic E-state index is -0.184. The van der Waals surface area contributed by atoms with Crippen LogP contribution in [0, 0.1) is 0 Å². The van der Waals surface area contributed by atoms with E-state index in [0.717, 1.165) is 10.9 Å². The number of nitrogens with one attached hydrogen (secondary N) is 1. The molecule has 0 saturated carbocycles. The minimum absolute atomic E-state index is 0.111. The number of carbonyl (C=O) groups excluding carboxylic acids is 1. The molecule has 1 amide bonds. The Hall–Kier alpha value is -3.13. The van der Waals surface area contributed by atoms with Crippen molar-refractivity contribution in [1.29, 1.82) is 0 Å². The molecule has 0 spiro atoms. The van der Waals surface area contributed by atoms with E-state index in [9.17, 15) is 4.79 Å². The Balaban J connectivity index is 1.81. The molecule has 8 heteroatoms. The van der Waals surface area contributed by atoms with Crippen LogP contribution in [0.3, 0.4) is 0 Å².